The average Bonchev–Trinajstić information content (AvgIpc) is 2.90. The number of amides is 1. The number of fused-ring (bicyclic) bond motifs is 1. The number of hydrogen-bond donors (Lipinski definition) is 1. The molecule has 2 rings (SSSR count). The van der Waals surface area contributed by atoms with Crippen LogP contribution in [0.25, 0.3) is 0 Å². The molecule has 1 heterocycles. The molecular formula is C15H20N2OS2. The number of aliphatic imine (C=N–C) groups is 1. The molecule has 0 aliphatic carbocycles. The van der Waals surface area contributed by atoms with Gasteiger partial charge >= 0.3 is 0 Å². The van der Waals surface area contributed by atoms with Gasteiger partial charge in [0.2, 0.25) is 0 Å². The van der Waals surface area contributed by atoms with E-state index in [1.54, 1.807) is 0 Å². The van der Waals surface area contributed by atoms with E-state index in [4.69, 9.17) is 0 Å². The zero-order valence-corrected chi connectivity index (χ0v) is 13.4. The van der Waals surface area contributed by atoms with Crippen LogP contribution in [0.2, 0.25) is 0 Å². The quantitative estimate of drug-likeness (QED) is 0.592. The van der Waals surface area contributed by atoms with Crippen molar-refractivity contribution in [3.05, 3.63) is 35.4 Å². The topological polar surface area (TPSA) is 41.5 Å². The first kappa shape index (κ1) is 15.4. The summed E-state index contributed by atoms with van der Waals surface area (Å²) in [7, 11) is 3.79. The highest BCUT2D eigenvalue weighted by Crippen LogP contribution is 2.22. The van der Waals surface area contributed by atoms with Gasteiger partial charge < -0.3 is 5.32 Å². The Labute approximate surface area is 128 Å². The molecule has 0 unspecified atom stereocenters. The summed E-state index contributed by atoms with van der Waals surface area (Å²) in [5, 5.41) is 2.96. The Bertz CT molecular complexity index is 489. The van der Waals surface area contributed by atoms with E-state index >= 15 is 0 Å². The molecular weight excluding hydrogens is 288 g/mol. The van der Waals surface area contributed by atoms with Crippen LogP contribution in [-0.4, -0.2) is 29.7 Å². The zero-order chi connectivity index (χ0) is 14.2. The maximum Gasteiger partial charge on any atom is 0.270 e. The summed E-state index contributed by atoms with van der Waals surface area (Å²) in [6.45, 7) is 3.54. The maximum absolute atomic E-state index is 12.1. The summed E-state index contributed by atoms with van der Waals surface area (Å²) >= 11 is 0. The fourth-order valence-electron chi connectivity index (χ4n) is 1.95. The first-order valence-corrected chi connectivity index (χ1v) is 9.47. The Kier molecular flexibility index (Phi) is 6.47. The Morgan fingerprint density at radius 3 is 2.95 bits per heavy atom. The lowest BCUT2D eigenvalue weighted by atomic mass is 10.1. The van der Waals surface area contributed by atoms with Crippen LogP contribution in [-0.2, 0) is 11.3 Å². The lowest BCUT2D eigenvalue weighted by Crippen LogP contribution is -2.31. The van der Waals surface area contributed by atoms with E-state index in [2.05, 4.69) is 17.2 Å². The number of carbonyl (C=O) groups excluding carboxylic acids is 1. The minimum absolute atomic E-state index is 0.0406. The molecule has 20 heavy (non-hydrogen) atoms. The number of carbonyl (C=O) groups is 1. The third-order valence-corrected chi connectivity index (χ3v) is 5.65. The lowest BCUT2D eigenvalue weighted by molar-refractivity contribution is -0.114. The van der Waals surface area contributed by atoms with Crippen molar-refractivity contribution in [2.45, 2.75) is 26.3 Å². The van der Waals surface area contributed by atoms with Crippen molar-refractivity contribution < 1.29 is 4.79 Å². The van der Waals surface area contributed by atoms with Crippen molar-refractivity contribution in [3.63, 3.8) is 0 Å². The average molecular weight is 308 g/mol. The molecule has 0 atom stereocenters. The maximum atomic E-state index is 12.1. The van der Waals surface area contributed by atoms with Gasteiger partial charge in [0.05, 0.1) is 6.54 Å². The zero-order valence-electron chi connectivity index (χ0n) is 11.7. The molecule has 1 aliphatic heterocycles. The highest BCUT2D eigenvalue weighted by atomic mass is 33.1. The first-order chi connectivity index (χ1) is 9.83. The van der Waals surface area contributed by atoms with E-state index < -0.39 is 0 Å². The van der Waals surface area contributed by atoms with Gasteiger partial charge in [-0.05, 0) is 18.4 Å². The Balaban J connectivity index is 1.69. The molecule has 5 heteroatoms. The number of nitrogens with zero attached hydrogens (tertiary/aromatic N) is 1. The fraction of sp³-hybridized carbons (Fsp3) is 0.467. The molecule has 3 nitrogen and oxygen atoms in total. The van der Waals surface area contributed by atoms with E-state index in [0.717, 1.165) is 29.8 Å². The largest absolute Gasteiger partial charge is 0.351 e. The smallest absolute Gasteiger partial charge is 0.270 e. The van der Waals surface area contributed by atoms with Gasteiger partial charge in [-0.15, -0.1) is 0 Å². The predicted molar refractivity (Wildman–Crippen MR) is 89.5 cm³/mol. The second kappa shape index (κ2) is 8.37. The second-order valence-electron chi connectivity index (χ2n) is 4.58. The Hall–Kier alpha value is -0.940. The monoisotopic (exact) mass is 308 g/mol. The van der Waals surface area contributed by atoms with Crippen molar-refractivity contribution in [3.8, 4) is 0 Å². The molecule has 0 spiro atoms. The first-order valence-electron chi connectivity index (χ1n) is 6.98. The SMILES string of the molecule is CCCSSCCCNC(=O)C1=NCc2ccccc21. The molecule has 0 saturated carbocycles. The molecule has 1 N–H and O–H groups in total. The minimum Gasteiger partial charge on any atom is -0.351 e. The molecule has 0 radical (unpaired) electrons. The molecule has 1 amide bonds. The van der Waals surface area contributed by atoms with Crippen LogP contribution in [0.5, 0.6) is 0 Å². The molecule has 1 aromatic carbocycles. The minimum atomic E-state index is -0.0406. The van der Waals surface area contributed by atoms with Crippen LogP contribution in [0.15, 0.2) is 29.3 Å². The normalized spacial score (nSPS) is 12.9. The van der Waals surface area contributed by atoms with E-state index in [9.17, 15) is 4.79 Å². The van der Waals surface area contributed by atoms with Gasteiger partial charge in [-0.1, -0.05) is 52.8 Å². The van der Waals surface area contributed by atoms with Crippen molar-refractivity contribution in [2.75, 3.05) is 18.1 Å². The van der Waals surface area contributed by atoms with Gasteiger partial charge in [-0.25, -0.2) is 0 Å². The summed E-state index contributed by atoms with van der Waals surface area (Å²) < 4.78 is 0. The van der Waals surface area contributed by atoms with Crippen LogP contribution in [0.1, 0.15) is 30.9 Å². The second-order valence-corrected chi connectivity index (χ2v) is 7.28. The van der Waals surface area contributed by atoms with Crippen LogP contribution < -0.4 is 5.32 Å². The number of benzene rings is 1. The molecule has 0 fully saturated rings. The van der Waals surface area contributed by atoms with Gasteiger partial charge in [0.25, 0.3) is 5.91 Å². The van der Waals surface area contributed by atoms with Crippen LogP contribution in [0.4, 0.5) is 0 Å². The van der Waals surface area contributed by atoms with Crippen LogP contribution in [0.3, 0.4) is 0 Å². The molecule has 0 aromatic heterocycles. The van der Waals surface area contributed by atoms with Crippen LogP contribution in [0, 0.1) is 0 Å². The lowest BCUT2D eigenvalue weighted by Gasteiger charge is -2.06. The highest BCUT2D eigenvalue weighted by molar-refractivity contribution is 8.76. The van der Waals surface area contributed by atoms with Gasteiger partial charge in [0.1, 0.15) is 5.71 Å². The summed E-state index contributed by atoms with van der Waals surface area (Å²) in [6.07, 6.45) is 2.22. The van der Waals surface area contributed by atoms with Gasteiger partial charge in [-0.2, -0.15) is 0 Å². The Morgan fingerprint density at radius 1 is 1.30 bits per heavy atom. The Morgan fingerprint density at radius 2 is 2.10 bits per heavy atom. The van der Waals surface area contributed by atoms with E-state index in [-0.39, 0.29) is 5.91 Å². The van der Waals surface area contributed by atoms with Gasteiger partial charge in [-0.3, -0.25) is 9.79 Å². The van der Waals surface area contributed by atoms with E-state index in [1.165, 1.54) is 12.2 Å². The molecule has 1 aliphatic rings. The van der Waals surface area contributed by atoms with Gasteiger partial charge in [0, 0.05) is 23.6 Å². The van der Waals surface area contributed by atoms with E-state index in [0.29, 0.717) is 12.3 Å². The van der Waals surface area contributed by atoms with Crippen molar-refractivity contribution >= 4 is 33.2 Å². The third-order valence-electron chi connectivity index (χ3n) is 2.96. The molecule has 0 bridgehead atoms. The highest BCUT2D eigenvalue weighted by Gasteiger charge is 2.20. The summed E-state index contributed by atoms with van der Waals surface area (Å²) in [5.41, 5.74) is 2.72. The number of nitrogens with one attached hydrogen (secondary N) is 1. The van der Waals surface area contributed by atoms with Crippen molar-refractivity contribution in [2.24, 2.45) is 4.99 Å². The van der Waals surface area contributed by atoms with Crippen molar-refractivity contribution in [1.29, 1.82) is 0 Å². The van der Waals surface area contributed by atoms with Crippen molar-refractivity contribution in [1.82, 2.24) is 5.32 Å². The fourth-order valence-corrected chi connectivity index (χ4v) is 4.18. The number of rotatable bonds is 8. The predicted octanol–water partition coefficient (Wildman–Crippen LogP) is 3.29. The summed E-state index contributed by atoms with van der Waals surface area (Å²) in [6, 6.07) is 7.94. The summed E-state index contributed by atoms with van der Waals surface area (Å²) in [5.74, 6) is 2.24. The number of hydrogen-bond acceptors (Lipinski definition) is 4. The third kappa shape index (κ3) is 4.28. The van der Waals surface area contributed by atoms with Gasteiger partial charge in [0.15, 0.2) is 0 Å². The molecule has 108 valence electrons. The van der Waals surface area contributed by atoms with Crippen LogP contribution >= 0.6 is 21.6 Å². The summed E-state index contributed by atoms with van der Waals surface area (Å²) in [4.78, 5) is 16.4. The standard InChI is InChI=1S/C15H20N2OS2/c1-2-9-19-20-10-5-8-16-15(18)14-13-7-4-3-6-12(13)11-17-14/h3-4,6-7H,2,5,8-11H2,1H3,(H,16,18). The molecule has 1 aromatic rings. The van der Waals surface area contributed by atoms with E-state index in [1.807, 2.05) is 45.9 Å². The molecule has 0 saturated heterocycles.